The average molecular weight is 221 g/mol. The zero-order valence-corrected chi connectivity index (χ0v) is 8.93. The van der Waals surface area contributed by atoms with Crippen molar-refractivity contribution >= 4 is 15.9 Å². The van der Waals surface area contributed by atoms with E-state index in [1.165, 1.54) is 19.3 Å². The van der Waals surface area contributed by atoms with E-state index in [1.807, 2.05) is 0 Å². The Morgan fingerprint density at radius 3 is 2.55 bits per heavy atom. The Kier molecular flexibility index (Phi) is 3.86. The molecule has 0 amide bonds. The SMILES string of the molecule is CC(C)OC1CC(CCBr)C1. The van der Waals surface area contributed by atoms with Crippen LogP contribution in [-0.4, -0.2) is 17.5 Å². The first-order valence-electron chi connectivity index (χ1n) is 4.43. The number of rotatable bonds is 4. The summed E-state index contributed by atoms with van der Waals surface area (Å²) in [5.41, 5.74) is 0. The normalized spacial score (nSPS) is 30.5. The Bertz CT molecular complexity index is 108. The molecule has 0 heterocycles. The van der Waals surface area contributed by atoms with Crippen LogP contribution in [0.5, 0.6) is 0 Å². The predicted octanol–water partition coefficient (Wildman–Crippen LogP) is 2.98. The highest BCUT2D eigenvalue weighted by Gasteiger charge is 2.29. The lowest BCUT2D eigenvalue weighted by atomic mass is 9.80. The number of hydrogen-bond donors (Lipinski definition) is 0. The summed E-state index contributed by atoms with van der Waals surface area (Å²) in [6.07, 6.45) is 4.86. The minimum atomic E-state index is 0.407. The molecule has 11 heavy (non-hydrogen) atoms. The van der Waals surface area contributed by atoms with Crippen LogP contribution in [0.25, 0.3) is 0 Å². The van der Waals surface area contributed by atoms with Gasteiger partial charge in [-0.2, -0.15) is 0 Å². The Morgan fingerprint density at radius 1 is 1.45 bits per heavy atom. The molecule has 0 aliphatic heterocycles. The van der Waals surface area contributed by atoms with Gasteiger partial charge in [-0.3, -0.25) is 0 Å². The highest BCUT2D eigenvalue weighted by Crippen LogP contribution is 2.33. The van der Waals surface area contributed by atoms with Gasteiger partial charge >= 0.3 is 0 Å². The molecule has 0 aromatic heterocycles. The van der Waals surface area contributed by atoms with Gasteiger partial charge in [0.1, 0.15) is 0 Å². The van der Waals surface area contributed by atoms with Crippen LogP contribution in [0.1, 0.15) is 33.1 Å². The standard InChI is InChI=1S/C9H17BrO/c1-7(2)11-9-5-8(6-9)3-4-10/h7-9H,3-6H2,1-2H3. The molecule has 0 atom stereocenters. The third kappa shape index (κ3) is 3.12. The zero-order chi connectivity index (χ0) is 8.27. The third-order valence-electron chi connectivity index (χ3n) is 2.17. The summed E-state index contributed by atoms with van der Waals surface area (Å²) < 4.78 is 5.65. The molecule has 1 saturated carbocycles. The molecule has 0 aromatic rings. The highest BCUT2D eigenvalue weighted by atomic mass is 79.9. The molecule has 1 rings (SSSR count). The molecule has 0 aromatic carbocycles. The fourth-order valence-corrected chi connectivity index (χ4v) is 2.21. The number of hydrogen-bond acceptors (Lipinski definition) is 1. The van der Waals surface area contributed by atoms with Crippen LogP contribution in [0.4, 0.5) is 0 Å². The van der Waals surface area contributed by atoms with Gasteiger partial charge in [-0.15, -0.1) is 0 Å². The fraction of sp³-hybridized carbons (Fsp3) is 1.00. The fourth-order valence-electron chi connectivity index (χ4n) is 1.56. The van der Waals surface area contributed by atoms with Crippen molar-refractivity contribution in [2.75, 3.05) is 5.33 Å². The molecular weight excluding hydrogens is 204 g/mol. The Balaban J connectivity index is 2.00. The molecule has 1 aliphatic carbocycles. The van der Waals surface area contributed by atoms with E-state index in [1.54, 1.807) is 0 Å². The van der Waals surface area contributed by atoms with Crippen LogP contribution in [0.2, 0.25) is 0 Å². The van der Waals surface area contributed by atoms with E-state index in [0.29, 0.717) is 12.2 Å². The van der Waals surface area contributed by atoms with E-state index < -0.39 is 0 Å². The quantitative estimate of drug-likeness (QED) is 0.663. The van der Waals surface area contributed by atoms with E-state index in [0.717, 1.165) is 11.2 Å². The summed E-state index contributed by atoms with van der Waals surface area (Å²) in [5, 5.41) is 1.14. The maximum absolute atomic E-state index is 5.65. The number of alkyl halides is 1. The van der Waals surface area contributed by atoms with Crippen LogP contribution >= 0.6 is 15.9 Å². The van der Waals surface area contributed by atoms with Gasteiger partial charge in [0.25, 0.3) is 0 Å². The van der Waals surface area contributed by atoms with E-state index >= 15 is 0 Å². The van der Waals surface area contributed by atoms with Gasteiger partial charge in [0, 0.05) is 5.33 Å². The van der Waals surface area contributed by atoms with E-state index in [9.17, 15) is 0 Å². The maximum Gasteiger partial charge on any atom is 0.0584 e. The van der Waals surface area contributed by atoms with Crippen molar-refractivity contribution in [1.29, 1.82) is 0 Å². The lowest BCUT2D eigenvalue weighted by molar-refractivity contribution is -0.0620. The third-order valence-corrected chi connectivity index (χ3v) is 2.63. The van der Waals surface area contributed by atoms with Gasteiger partial charge in [0.05, 0.1) is 12.2 Å². The second kappa shape index (κ2) is 4.46. The number of halogens is 1. The minimum Gasteiger partial charge on any atom is -0.376 e. The van der Waals surface area contributed by atoms with Gasteiger partial charge in [0.15, 0.2) is 0 Å². The minimum absolute atomic E-state index is 0.407. The predicted molar refractivity (Wildman–Crippen MR) is 51.1 cm³/mol. The van der Waals surface area contributed by atoms with Crippen molar-refractivity contribution < 1.29 is 4.74 Å². The van der Waals surface area contributed by atoms with E-state index in [2.05, 4.69) is 29.8 Å². The van der Waals surface area contributed by atoms with Crippen molar-refractivity contribution in [2.45, 2.75) is 45.3 Å². The van der Waals surface area contributed by atoms with Crippen molar-refractivity contribution in [3.05, 3.63) is 0 Å². The average Bonchev–Trinajstić information content (AvgIpc) is 1.82. The molecule has 66 valence electrons. The Hall–Kier alpha value is 0.440. The van der Waals surface area contributed by atoms with E-state index in [-0.39, 0.29) is 0 Å². The summed E-state index contributed by atoms with van der Waals surface area (Å²) in [4.78, 5) is 0. The Morgan fingerprint density at radius 2 is 2.09 bits per heavy atom. The zero-order valence-electron chi connectivity index (χ0n) is 7.35. The molecule has 0 saturated heterocycles. The molecule has 2 heteroatoms. The van der Waals surface area contributed by atoms with Gasteiger partial charge in [-0.1, -0.05) is 15.9 Å². The molecule has 0 unspecified atom stereocenters. The summed E-state index contributed by atoms with van der Waals surface area (Å²) in [7, 11) is 0. The molecule has 0 radical (unpaired) electrons. The summed E-state index contributed by atoms with van der Waals surface area (Å²) in [6, 6.07) is 0. The molecule has 0 spiro atoms. The van der Waals surface area contributed by atoms with Crippen molar-refractivity contribution in [1.82, 2.24) is 0 Å². The number of ether oxygens (including phenoxy) is 1. The van der Waals surface area contributed by atoms with Crippen LogP contribution in [-0.2, 0) is 4.74 Å². The summed E-state index contributed by atoms with van der Waals surface area (Å²) in [6.45, 7) is 4.22. The van der Waals surface area contributed by atoms with E-state index in [4.69, 9.17) is 4.74 Å². The Labute approximate surface area is 77.6 Å². The lowest BCUT2D eigenvalue weighted by Gasteiger charge is -2.36. The van der Waals surface area contributed by atoms with Gasteiger partial charge in [-0.05, 0) is 39.0 Å². The lowest BCUT2D eigenvalue weighted by Crippen LogP contribution is -2.33. The highest BCUT2D eigenvalue weighted by molar-refractivity contribution is 9.09. The molecule has 1 aliphatic rings. The first-order valence-corrected chi connectivity index (χ1v) is 5.56. The van der Waals surface area contributed by atoms with Crippen molar-refractivity contribution in [3.63, 3.8) is 0 Å². The van der Waals surface area contributed by atoms with Gasteiger partial charge in [0.2, 0.25) is 0 Å². The molecule has 1 nitrogen and oxygen atoms in total. The van der Waals surface area contributed by atoms with Crippen LogP contribution in [0.3, 0.4) is 0 Å². The van der Waals surface area contributed by atoms with Gasteiger partial charge < -0.3 is 4.74 Å². The second-order valence-electron chi connectivity index (χ2n) is 3.62. The van der Waals surface area contributed by atoms with Crippen molar-refractivity contribution in [2.24, 2.45) is 5.92 Å². The van der Waals surface area contributed by atoms with Crippen molar-refractivity contribution in [3.8, 4) is 0 Å². The smallest absolute Gasteiger partial charge is 0.0584 e. The maximum atomic E-state index is 5.65. The van der Waals surface area contributed by atoms with Crippen LogP contribution in [0, 0.1) is 5.92 Å². The first kappa shape index (κ1) is 9.53. The molecular formula is C9H17BrO. The summed E-state index contributed by atoms with van der Waals surface area (Å²) >= 11 is 3.45. The van der Waals surface area contributed by atoms with Crippen LogP contribution < -0.4 is 0 Å². The largest absolute Gasteiger partial charge is 0.376 e. The monoisotopic (exact) mass is 220 g/mol. The van der Waals surface area contributed by atoms with Crippen LogP contribution in [0.15, 0.2) is 0 Å². The second-order valence-corrected chi connectivity index (χ2v) is 4.41. The first-order chi connectivity index (χ1) is 5.22. The summed E-state index contributed by atoms with van der Waals surface area (Å²) in [5.74, 6) is 0.929. The molecule has 0 N–H and O–H groups in total. The van der Waals surface area contributed by atoms with Gasteiger partial charge in [-0.25, -0.2) is 0 Å². The molecule has 1 fully saturated rings. The topological polar surface area (TPSA) is 9.23 Å². The molecule has 0 bridgehead atoms.